The van der Waals surface area contributed by atoms with Gasteiger partial charge in [-0.1, -0.05) is 52.3 Å². The van der Waals surface area contributed by atoms with Crippen LogP contribution in [0, 0.1) is 11.3 Å². The molecule has 0 saturated heterocycles. The number of benzene rings is 4. The van der Waals surface area contributed by atoms with Crippen molar-refractivity contribution >= 4 is 39.6 Å². The molecule has 4 aromatic carbocycles. The number of nitriles is 1. The molecule has 0 atom stereocenters. The molecule has 218 valence electrons. The van der Waals surface area contributed by atoms with Crippen molar-refractivity contribution in [3.05, 3.63) is 123 Å². The van der Waals surface area contributed by atoms with Gasteiger partial charge in [-0.2, -0.15) is 5.26 Å². The average Bonchev–Trinajstić information content (AvgIpc) is 3.03. The number of esters is 1. The first-order valence-electron chi connectivity index (χ1n) is 13.4. The topological polar surface area (TPSA) is 107 Å². The van der Waals surface area contributed by atoms with Crippen LogP contribution >= 0.6 is 15.9 Å². The molecule has 0 radical (unpaired) electrons. The van der Waals surface area contributed by atoms with Gasteiger partial charge in [0.05, 0.1) is 19.3 Å². The fraction of sp³-hybridized carbons (Fsp3) is 0.147. The summed E-state index contributed by atoms with van der Waals surface area (Å²) in [5, 5.41) is 12.4. The van der Waals surface area contributed by atoms with Crippen LogP contribution in [0.3, 0.4) is 0 Å². The third kappa shape index (κ3) is 8.71. The summed E-state index contributed by atoms with van der Waals surface area (Å²) in [6, 6.07) is 29.0. The van der Waals surface area contributed by atoms with Crippen LogP contribution in [0.25, 0.3) is 6.08 Å². The third-order valence-electron chi connectivity index (χ3n) is 6.14. The molecule has 0 heterocycles. The first-order chi connectivity index (χ1) is 20.9. The van der Waals surface area contributed by atoms with E-state index in [2.05, 4.69) is 26.0 Å². The van der Waals surface area contributed by atoms with Gasteiger partial charge in [-0.15, -0.1) is 0 Å². The molecule has 8 nitrogen and oxygen atoms in total. The van der Waals surface area contributed by atoms with Crippen LogP contribution < -0.4 is 19.5 Å². The van der Waals surface area contributed by atoms with E-state index < -0.39 is 11.9 Å². The number of hydrogen-bond acceptors (Lipinski definition) is 7. The maximum absolute atomic E-state index is 12.9. The van der Waals surface area contributed by atoms with Gasteiger partial charge in [-0.05, 0) is 78.7 Å². The van der Waals surface area contributed by atoms with Crippen molar-refractivity contribution in [1.29, 1.82) is 5.26 Å². The normalized spacial score (nSPS) is 10.8. The van der Waals surface area contributed by atoms with Crippen LogP contribution in [0.1, 0.15) is 34.0 Å². The SMILES string of the molecule is CCOc1cc(COc2ccc(Br)cc2/C=C(/C#N)C(=O)Nc2ccc(C(=O)OC)cc2)ccc1OCc1ccccc1. The Hall–Kier alpha value is -5.07. The van der Waals surface area contributed by atoms with Gasteiger partial charge in [0.15, 0.2) is 11.5 Å². The first kappa shape index (κ1) is 30.9. The number of hydrogen-bond donors (Lipinski definition) is 1. The number of nitrogens with one attached hydrogen (secondary N) is 1. The molecule has 0 unspecified atom stereocenters. The molecule has 43 heavy (non-hydrogen) atoms. The maximum atomic E-state index is 12.9. The van der Waals surface area contributed by atoms with Crippen LogP contribution in [-0.4, -0.2) is 25.6 Å². The summed E-state index contributed by atoms with van der Waals surface area (Å²) in [5.74, 6) is 0.629. The predicted molar refractivity (Wildman–Crippen MR) is 167 cm³/mol. The summed E-state index contributed by atoms with van der Waals surface area (Å²) in [5.41, 5.74) is 3.08. The highest BCUT2D eigenvalue weighted by Gasteiger charge is 2.14. The lowest BCUT2D eigenvalue weighted by atomic mass is 10.1. The molecule has 1 amide bonds. The Kier molecular flexibility index (Phi) is 10.9. The van der Waals surface area contributed by atoms with Crippen molar-refractivity contribution in [2.75, 3.05) is 19.0 Å². The zero-order chi connectivity index (χ0) is 30.6. The zero-order valence-electron chi connectivity index (χ0n) is 23.6. The first-order valence-corrected chi connectivity index (χ1v) is 14.2. The molecular formula is C34H29BrN2O6. The molecule has 0 aliphatic rings. The van der Waals surface area contributed by atoms with Gasteiger partial charge >= 0.3 is 5.97 Å². The number of carbonyl (C=O) groups excluding carboxylic acids is 2. The Morgan fingerprint density at radius 2 is 1.53 bits per heavy atom. The molecule has 0 aliphatic heterocycles. The van der Waals surface area contributed by atoms with Crippen molar-refractivity contribution < 1.29 is 28.5 Å². The van der Waals surface area contributed by atoms with Crippen LogP contribution in [0.5, 0.6) is 17.2 Å². The third-order valence-corrected chi connectivity index (χ3v) is 6.63. The van der Waals surface area contributed by atoms with E-state index in [0.29, 0.717) is 47.3 Å². The number of methoxy groups -OCH3 is 1. The van der Waals surface area contributed by atoms with Crippen LogP contribution in [0.15, 0.2) is 101 Å². The molecule has 0 aliphatic carbocycles. The summed E-state index contributed by atoms with van der Waals surface area (Å²) < 4.78 is 23.4. The Bertz CT molecular complexity index is 1650. The standard InChI is InChI=1S/C34H29BrN2O6/c1-3-41-32-17-24(9-15-31(32)43-21-23-7-5-4-6-8-23)22-42-30-16-12-28(35)19-26(30)18-27(20-36)33(38)37-29-13-10-25(11-14-29)34(39)40-2/h4-19H,3,21-22H2,1-2H3,(H,37,38)/b27-18-. The smallest absolute Gasteiger partial charge is 0.337 e. The van der Waals surface area contributed by atoms with Gasteiger partial charge in [0.1, 0.15) is 30.6 Å². The minimum atomic E-state index is -0.605. The van der Waals surface area contributed by atoms with E-state index in [4.69, 9.17) is 14.2 Å². The fourth-order valence-corrected chi connectivity index (χ4v) is 4.38. The maximum Gasteiger partial charge on any atom is 0.337 e. The van der Waals surface area contributed by atoms with E-state index in [9.17, 15) is 14.9 Å². The highest BCUT2D eigenvalue weighted by molar-refractivity contribution is 9.10. The number of anilines is 1. The lowest BCUT2D eigenvalue weighted by molar-refractivity contribution is -0.112. The summed E-state index contributed by atoms with van der Waals surface area (Å²) in [6.45, 7) is 3.01. The van der Waals surface area contributed by atoms with E-state index >= 15 is 0 Å². The summed E-state index contributed by atoms with van der Waals surface area (Å²) >= 11 is 3.45. The van der Waals surface area contributed by atoms with Gasteiger partial charge in [-0.3, -0.25) is 4.79 Å². The Labute approximate surface area is 258 Å². The molecule has 9 heteroatoms. The van der Waals surface area contributed by atoms with Gasteiger partial charge in [0, 0.05) is 15.7 Å². The molecule has 0 aromatic heterocycles. The second-order valence-corrected chi connectivity index (χ2v) is 10.1. The highest BCUT2D eigenvalue weighted by atomic mass is 79.9. The number of amides is 1. The molecule has 1 N–H and O–H groups in total. The molecular weight excluding hydrogens is 612 g/mol. The lowest BCUT2D eigenvalue weighted by Crippen LogP contribution is -2.13. The van der Waals surface area contributed by atoms with Crippen molar-refractivity contribution in [3.63, 3.8) is 0 Å². The fourth-order valence-electron chi connectivity index (χ4n) is 4.00. The highest BCUT2D eigenvalue weighted by Crippen LogP contribution is 2.31. The van der Waals surface area contributed by atoms with Crippen molar-refractivity contribution in [1.82, 2.24) is 0 Å². The van der Waals surface area contributed by atoms with E-state index in [1.54, 1.807) is 24.3 Å². The number of halogens is 1. The van der Waals surface area contributed by atoms with Crippen LogP contribution in [-0.2, 0) is 22.7 Å². The van der Waals surface area contributed by atoms with Gasteiger partial charge < -0.3 is 24.3 Å². The van der Waals surface area contributed by atoms with Gasteiger partial charge in [-0.25, -0.2) is 4.79 Å². The van der Waals surface area contributed by atoms with E-state index in [-0.39, 0.29) is 12.2 Å². The molecule has 0 spiro atoms. The molecule has 4 rings (SSSR count). The predicted octanol–water partition coefficient (Wildman–Crippen LogP) is 7.34. The molecule has 0 bridgehead atoms. The second-order valence-electron chi connectivity index (χ2n) is 9.15. The average molecular weight is 642 g/mol. The van der Waals surface area contributed by atoms with Crippen molar-refractivity contribution in [3.8, 4) is 23.3 Å². The minimum absolute atomic E-state index is 0.126. The Morgan fingerprint density at radius 3 is 2.23 bits per heavy atom. The van der Waals surface area contributed by atoms with Gasteiger partial charge in [0.25, 0.3) is 5.91 Å². The quantitative estimate of drug-likeness (QED) is 0.0980. The zero-order valence-corrected chi connectivity index (χ0v) is 25.2. The second kappa shape index (κ2) is 15.2. The monoisotopic (exact) mass is 640 g/mol. The van der Waals surface area contributed by atoms with Crippen LogP contribution in [0.2, 0.25) is 0 Å². The van der Waals surface area contributed by atoms with Crippen molar-refractivity contribution in [2.45, 2.75) is 20.1 Å². The van der Waals surface area contributed by atoms with Crippen LogP contribution in [0.4, 0.5) is 5.69 Å². The van der Waals surface area contributed by atoms with E-state index in [1.165, 1.54) is 25.3 Å². The largest absolute Gasteiger partial charge is 0.490 e. The molecule has 0 saturated carbocycles. The summed E-state index contributed by atoms with van der Waals surface area (Å²) in [7, 11) is 1.29. The number of ether oxygens (including phenoxy) is 4. The van der Waals surface area contributed by atoms with Crippen molar-refractivity contribution in [2.24, 2.45) is 0 Å². The summed E-state index contributed by atoms with van der Waals surface area (Å²) in [6.07, 6.45) is 1.46. The molecule has 0 fully saturated rings. The number of nitrogens with zero attached hydrogens (tertiary/aromatic N) is 1. The Balaban J connectivity index is 1.48. The Morgan fingerprint density at radius 1 is 0.837 bits per heavy atom. The van der Waals surface area contributed by atoms with E-state index in [1.807, 2.05) is 67.6 Å². The molecule has 4 aromatic rings. The lowest BCUT2D eigenvalue weighted by Gasteiger charge is -2.15. The number of carbonyl (C=O) groups is 2. The minimum Gasteiger partial charge on any atom is -0.490 e. The summed E-state index contributed by atoms with van der Waals surface area (Å²) in [4.78, 5) is 24.6. The van der Waals surface area contributed by atoms with Gasteiger partial charge in [0.2, 0.25) is 0 Å². The number of rotatable bonds is 12. The van der Waals surface area contributed by atoms with E-state index in [0.717, 1.165) is 15.6 Å².